The predicted molar refractivity (Wildman–Crippen MR) is 60.6 cm³/mol. The number of carbonyl (C=O) groups excluding carboxylic acids is 1. The van der Waals surface area contributed by atoms with Crippen molar-refractivity contribution in [3.8, 4) is 0 Å². The number of nitrogens with zero attached hydrogens (tertiary/aromatic N) is 1. The maximum absolute atomic E-state index is 9.03. The van der Waals surface area contributed by atoms with Crippen LogP contribution in [0.15, 0.2) is 30.3 Å². The van der Waals surface area contributed by atoms with Gasteiger partial charge >= 0.3 is 0 Å². The van der Waals surface area contributed by atoms with Gasteiger partial charge in [-0.15, -0.1) is 0 Å². The molecule has 16 heavy (non-hydrogen) atoms. The van der Waals surface area contributed by atoms with Crippen molar-refractivity contribution in [2.75, 3.05) is 28.3 Å². The van der Waals surface area contributed by atoms with Gasteiger partial charge in [-0.3, -0.25) is 0 Å². The van der Waals surface area contributed by atoms with Gasteiger partial charge in [0.25, 0.3) is 6.16 Å². The van der Waals surface area contributed by atoms with Crippen molar-refractivity contribution < 1.29 is 19.1 Å². The van der Waals surface area contributed by atoms with Gasteiger partial charge in [0.2, 0.25) is 0 Å². The lowest BCUT2D eigenvalue weighted by Crippen LogP contribution is -2.33. The van der Waals surface area contributed by atoms with Crippen molar-refractivity contribution in [3.05, 3.63) is 35.9 Å². The maximum atomic E-state index is 9.03. The van der Waals surface area contributed by atoms with E-state index in [1.54, 1.807) is 0 Å². The van der Waals surface area contributed by atoms with Gasteiger partial charge in [0, 0.05) is 12.7 Å². The second-order valence-corrected chi connectivity index (χ2v) is 4.39. The maximum Gasteiger partial charge on any atom is 0.251 e. The summed E-state index contributed by atoms with van der Waals surface area (Å²) in [6, 6.07) is 10.6. The van der Waals surface area contributed by atoms with E-state index in [2.05, 4.69) is 56.2 Å². The molecule has 0 aliphatic carbocycles. The Balaban J connectivity index is 0.000000385. The molecular formula is C12H19NO3. The second-order valence-electron chi connectivity index (χ2n) is 4.39. The molecule has 0 saturated carbocycles. The first-order valence-corrected chi connectivity index (χ1v) is 4.94. The van der Waals surface area contributed by atoms with Gasteiger partial charge in [0.15, 0.2) is 0 Å². The van der Waals surface area contributed by atoms with Crippen LogP contribution in [0.4, 0.5) is 4.79 Å². The van der Waals surface area contributed by atoms with Crippen LogP contribution in [0.1, 0.15) is 5.56 Å². The van der Waals surface area contributed by atoms with Gasteiger partial charge < -0.3 is 19.1 Å². The fraction of sp³-hybridized carbons (Fsp3) is 0.417. The van der Waals surface area contributed by atoms with E-state index in [9.17, 15) is 0 Å². The van der Waals surface area contributed by atoms with Crippen molar-refractivity contribution in [2.24, 2.45) is 0 Å². The minimum Gasteiger partial charge on any atom is -0.553 e. The number of methoxy groups -OCH3 is 1. The van der Waals surface area contributed by atoms with Crippen LogP contribution in [-0.4, -0.2) is 38.9 Å². The number of rotatable bonds is 2. The van der Waals surface area contributed by atoms with Crippen LogP contribution in [0.5, 0.6) is 0 Å². The average Bonchev–Trinajstić information content (AvgIpc) is 2.17. The molecular weight excluding hydrogens is 206 g/mol. The largest absolute Gasteiger partial charge is 0.553 e. The summed E-state index contributed by atoms with van der Waals surface area (Å²) in [6.45, 7) is 1.10. The van der Waals surface area contributed by atoms with Crippen LogP contribution in [0.25, 0.3) is 0 Å². The van der Waals surface area contributed by atoms with Crippen molar-refractivity contribution in [1.82, 2.24) is 0 Å². The molecule has 0 unspecified atom stereocenters. The first-order chi connectivity index (χ1) is 7.35. The Morgan fingerprint density at radius 2 is 1.69 bits per heavy atom. The Bertz CT molecular complexity index is 304. The number of hydrogen-bond acceptors (Lipinski definition) is 3. The first kappa shape index (κ1) is 14.5. The molecule has 0 aliphatic heterocycles. The lowest BCUT2D eigenvalue weighted by Gasteiger charge is -2.23. The van der Waals surface area contributed by atoms with E-state index in [0.29, 0.717) is 0 Å². The smallest absolute Gasteiger partial charge is 0.251 e. The predicted octanol–water partition coefficient (Wildman–Crippen LogP) is 0.869. The lowest BCUT2D eigenvalue weighted by atomic mass is 10.2. The van der Waals surface area contributed by atoms with E-state index in [0.717, 1.165) is 18.1 Å². The molecule has 0 fully saturated rings. The zero-order valence-corrected chi connectivity index (χ0v) is 10.3. The van der Waals surface area contributed by atoms with Crippen LogP contribution in [0, 0.1) is 0 Å². The third-order valence-electron chi connectivity index (χ3n) is 1.67. The van der Waals surface area contributed by atoms with Gasteiger partial charge in [0.1, 0.15) is 6.54 Å². The molecule has 1 rings (SSSR count). The molecule has 1 aromatic carbocycles. The summed E-state index contributed by atoms with van der Waals surface area (Å²) in [5.74, 6) is 0. The number of carbonyl (C=O) groups is 1. The zero-order chi connectivity index (χ0) is 12.6. The fourth-order valence-electron chi connectivity index (χ4n) is 1.13. The molecule has 0 aromatic heterocycles. The summed E-state index contributed by atoms with van der Waals surface area (Å²) in [5, 5.41) is 9.03. The lowest BCUT2D eigenvalue weighted by molar-refractivity contribution is -0.884. The molecule has 0 amide bonds. The van der Waals surface area contributed by atoms with Crippen LogP contribution in [0.2, 0.25) is 0 Å². The Hall–Kier alpha value is -1.55. The van der Waals surface area contributed by atoms with E-state index in [-0.39, 0.29) is 0 Å². The molecule has 0 saturated heterocycles. The summed E-state index contributed by atoms with van der Waals surface area (Å²) in [6.07, 6.45) is -1.50. The number of quaternary nitrogens is 1. The van der Waals surface area contributed by atoms with Crippen molar-refractivity contribution in [3.63, 3.8) is 0 Å². The molecule has 0 bridgehead atoms. The number of ether oxygens (including phenoxy) is 1. The summed E-state index contributed by atoms with van der Waals surface area (Å²) in [4.78, 5) is 9.03. The number of benzene rings is 1. The number of carboxylic acid groups (broad SMARTS) is 1. The van der Waals surface area contributed by atoms with E-state index in [1.165, 1.54) is 5.56 Å². The highest BCUT2D eigenvalue weighted by molar-refractivity contribution is 5.53. The van der Waals surface area contributed by atoms with E-state index in [1.807, 2.05) is 0 Å². The third-order valence-corrected chi connectivity index (χ3v) is 1.67. The molecule has 0 N–H and O–H groups in total. The van der Waals surface area contributed by atoms with Gasteiger partial charge in [-0.25, -0.2) is 0 Å². The summed E-state index contributed by atoms with van der Waals surface area (Å²) in [7, 11) is 7.64. The molecule has 0 aliphatic rings. The van der Waals surface area contributed by atoms with E-state index >= 15 is 0 Å². The number of hydrogen-bond donors (Lipinski definition) is 0. The molecule has 1 aromatic rings. The average molecular weight is 225 g/mol. The highest BCUT2D eigenvalue weighted by Gasteiger charge is 2.06. The molecule has 0 atom stereocenters. The highest BCUT2D eigenvalue weighted by atomic mass is 16.6. The third kappa shape index (κ3) is 9.02. The molecule has 90 valence electrons. The summed E-state index contributed by atoms with van der Waals surface area (Å²) in [5.41, 5.74) is 1.40. The second kappa shape index (κ2) is 6.85. The Kier molecular flexibility index (Phi) is 6.18. The van der Waals surface area contributed by atoms with Gasteiger partial charge in [-0.2, -0.15) is 0 Å². The van der Waals surface area contributed by atoms with E-state index in [4.69, 9.17) is 9.90 Å². The van der Waals surface area contributed by atoms with Crippen LogP contribution >= 0.6 is 0 Å². The Labute approximate surface area is 96.7 Å². The SMILES string of the molecule is COC(=O)[O-].C[N+](C)(C)Cc1ccccc1. The molecule has 4 heteroatoms. The zero-order valence-electron chi connectivity index (χ0n) is 10.3. The summed E-state index contributed by atoms with van der Waals surface area (Å²) < 4.78 is 4.55. The van der Waals surface area contributed by atoms with Crippen molar-refractivity contribution >= 4 is 6.16 Å². The monoisotopic (exact) mass is 225 g/mol. The van der Waals surface area contributed by atoms with Gasteiger partial charge in [-0.05, 0) is 0 Å². The normalized spacial score (nSPS) is 10.0. The topological polar surface area (TPSA) is 49.4 Å². The Morgan fingerprint density at radius 1 is 1.25 bits per heavy atom. The van der Waals surface area contributed by atoms with Crippen LogP contribution < -0.4 is 5.11 Å². The van der Waals surface area contributed by atoms with Crippen molar-refractivity contribution in [2.45, 2.75) is 6.54 Å². The minimum absolute atomic E-state index is 0.990. The molecule has 0 spiro atoms. The quantitative estimate of drug-likeness (QED) is 0.554. The van der Waals surface area contributed by atoms with Gasteiger partial charge in [-0.1, -0.05) is 30.3 Å². The highest BCUT2D eigenvalue weighted by Crippen LogP contribution is 2.05. The molecule has 0 heterocycles. The first-order valence-electron chi connectivity index (χ1n) is 4.94. The standard InChI is InChI=1S/C10H16N.C2H4O3/c1-11(2,3)9-10-7-5-4-6-8-10;1-5-2(3)4/h4-8H,9H2,1-3H3;1H3,(H,3,4)/q+1;/p-1. The van der Waals surface area contributed by atoms with Crippen molar-refractivity contribution in [1.29, 1.82) is 0 Å². The van der Waals surface area contributed by atoms with E-state index < -0.39 is 6.16 Å². The fourth-order valence-corrected chi connectivity index (χ4v) is 1.13. The van der Waals surface area contributed by atoms with Gasteiger partial charge in [0.05, 0.1) is 21.1 Å². The Morgan fingerprint density at radius 3 is 2.00 bits per heavy atom. The minimum atomic E-state index is -1.50. The van der Waals surface area contributed by atoms with Crippen LogP contribution in [0.3, 0.4) is 0 Å². The van der Waals surface area contributed by atoms with Crippen LogP contribution in [-0.2, 0) is 11.3 Å². The molecule has 0 radical (unpaired) electrons. The summed E-state index contributed by atoms with van der Waals surface area (Å²) >= 11 is 0. The molecule has 4 nitrogen and oxygen atoms in total.